The van der Waals surface area contributed by atoms with Crippen LogP contribution >= 0.6 is 9.47 Å². The molecule has 0 aromatic carbocycles. The topological polar surface area (TPSA) is 66.8 Å². The highest BCUT2D eigenvalue weighted by Gasteiger charge is 2.14. The lowest BCUT2D eigenvalue weighted by Gasteiger charge is -2.15. The van der Waals surface area contributed by atoms with Gasteiger partial charge in [-0.15, -0.1) is 0 Å². The number of hydrogen-bond acceptors (Lipinski definition) is 3. The molecule has 1 N–H and O–H groups in total. The van der Waals surface area contributed by atoms with Crippen LogP contribution in [0.2, 0.25) is 0 Å². The summed E-state index contributed by atoms with van der Waals surface area (Å²) < 4.78 is 4.44. The second kappa shape index (κ2) is 5.04. The summed E-state index contributed by atoms with van der Waals surface area (Å²) in [5, 5.41) is 9.31. The lowest BCUT2D eigenvalue weighted by molar-refractivity contribution is -0.150. The molecule has 11 heavy (non-hydrogen) atoms. The highest BCUT2D eigenvalue weighted by atomic mass is 31.0. The molecule has 0 spiro atoms. The second-order valence-electron chi connectivity index (χ2n) is 2.05. The van der Waals surface area contributed by atoms with Crippen LogP contribution in [0, 0.1) is 5.92 Å². The molecule has 0 saturated heterocycles. The second-order valence-corrected chi connectivity index (χ2v) is 2.26. The molecule has 64 valence electrons. The Morgan fingerprint density at radius 2 is 2.45 bits per heavy atom. The van der Waals surface area contributed by atoms with Crippen molar-refractivity contribution in [2.45, 2.75) is 6.92 Å². The summed E-state index contributed by atoms with van der Waals surface area (Å²) in [6, 6.07) is 0. The van der Waals surface area contributed by atoms with Gasteiger partial charge in [0.05, 0.1) is 12.5 Å². The molecule has 6 heteroatoms. The molecule has 0 aromatic rings. The summed E-state index contributed by atoms with van der Waals surface area (Å²) in [4.78, 5) is 20.4. The minimum Gasteiger partial charge on any atom is -0.481 e. The molecule has 0 heterocycles. The number of carboxylic acid groups (broad SMARTS) is 1. The summed E-state index contributed by atoms with van der Waals surface area (Å²) in [5.41, 5.74) is 0. The molecule has 5 nitrogen and oxygen atoms in total. The van der Waals surface area contributed by atoms with E-state index < -0.39 is 11.9 Å². The maximum Gasteiger partial charge on any atom is 0.308 e. The van der Waals surface area contributed by atoms with Gasteiger partial charge >= 0.3 is 5.97 Å². The van der Waals surface area contributed by atoms with E-state index in [1.54, 1.807) is 0 Å². The van der Waals surface area contributed by atoms with E-state index in [0.29, 0.717) is 6.41 Å². The molecular weight excluding hydrogens is 169 g/mol. The number of carbonyl (C=O) groups is 2. The molecular formula is C5H10NO4P. The standard InChI is InChI=1S/C5H10NO4P/c1-4(5(8)9)2-6(3-7)10-11/h3-4H,2,11H2,1H3,(H,8,9)/t4-/m0/s1. The van der Waals surface area contributed by atoms with Crippen molar-refractivity contribution in [3.63, 3.8) is 0 Å². The first-order valence-corrected chi connectivity index (χ1v) is 3.40. The van der Waals surface area contributed by atoms with E-state index in [4.69, 9.17) is 5.11 Å². The van der Waals surface area contributed by atoms with E-state index >= 15 is 0 Å². The number of carboxylic acids is 1. The van der Waals surface area contributed by atoms with Crippen LogP contribution in [0.5, 0.6) is 0 Å². The van der Waals surface area contributed by atoms with Gasteiger partial charge in [0.15, 0.2) is 0 Å². The van der Waals surface area contributed by atoms with Crippen molar-refractivity contribution < 1.29 is 19.3 Å². The van der Waals surface area contributed by atoms with Gasteiger partial charge < -0.3 is 5.11 Å². The molecule has 0 saturated carbocycles. The lowest BCUT2D eigenvalue weighted by Crippen LogP contribution is -2.28. The van der Waals surface area contributed by atoms with Gasteiger partial charge in [-0.3, -0.25) is 14.2 Å². The monoisotopic (exact) mass is 179 g/mol. The Kier molecular flexibility index (Phi) is 4.74. The highest BCUT2D eigenvalue weighted by Crippen LogP contribution is 2.01. The Morgan fingerprint density at radius 3 is 2.73 bits per heavy atom. The molecule has 0 aliphatic heterocycles. The number of nitrogens with zero attached hydrogens (tertiary/aromatic N) is 1. The van der Waals surface area contributed by atoms with Crippen LogP contribution < -0.4 is 0 Å². The van der Waals surface area contributed by atoms with Gasteiger partial charge in [0.2, 0.25) is 6.41 Å². The van der Waals surface area contributed by atoms with Crippen LogP contribution in [0.3, 0.4) is 0 Å². The lowest BCUT2D eigenvalue weighted by atomic mass is 10.2. The third-order valence-corrected chi connectivity index (χ3v) is 1.40. The van der Waals surface area contributed by atoms with Gasteiger partial charge in [0, 0.05) is 9.47 Å². The van der Waals surface area contributed by atoms with Crippen molar-refractivity contribution in [2.75, 3.05) is 6.54 Å². The molecule has 0 aliphatic rings. The first-order valence-electron chi connectivity index (χ1n) is 2.93. The Labute approximate surface area is 66.6 Å². The van der Waals surface area contributed by atoms with E-state index in [0.717, 1.165) is 5.06 Å². The average Bonchev–Trinajstić information content (AvgIpc) is 1.99. The zero-order valence-electron chi connectivity index (χ0n) is 6.06. The predicted molar refractivity (Wildman–Crippen MR) is 40.4 cm³/mol. The molecule has 0 aliphatic carbocycles. The van der Waals surface area contributed by atoms with Crippen LogP contribution in [0.25, 0.3) is 0 Å². The maximum atomic E-state index is 10.3. The minimum absolute atomic E-state index is 0.0440. The first-order chi connectivity index (χ1) is 5.11. The van der Waals surface area contributed by atoms with Crippen LogP contribution in [0.1, 0.15) is 6.92 Å². The van der Waals surface area contributed by atoms with Crippen LogP contribution in [-0.4, -0.2) is 29.1 Å². The molecule has 1 amide bonds. The van der Waals surface area contributed by atoms with Crippen LogP contribution in [0.15, 0.2) is 0 Å². The fourth-order valence-electron chi connectivity index (χ4n) is 0.459. The fraction of sp³-hybridized carbons (Fsp3) is 0.600. The van der Waals surface area contributed by atoms with Crippen molar-refractivity contribution in [1.29, 1.82) is 0 Å². The SMILES string of the molecule is C[C@@H](CN(C=O)OP)C(=O)O. The molecule has 0 rings (SSSR count). The summed E-state index contributed by atoms with van der Waals surface area (Å²) >= 11 is 0. The summed E-state index contributed by atoms with van der Waals surface area (Å²) in [6.07, 6.45) is 0.423. The van der Waals surface area contributed by atoms with Gasteiger partial charge in [0.25, 0.3) is 0 Å². The summed E-state index contributed by atoms with van der Waals surface area (Å²) in [6.45, 7) is 1.53. The number of hydrogen-bond donors (Lipinski definition) is 1. The van der Waals surface area contributed by atoms with Gasteiger partial charge in [-0.25, -0.2) is 5.06 Å². The van der Waals surface area contributed by atoms with Crippen molar-refractivity contribution in [3.05, 3.63) is 0 Å². The molecule has 0 bridgehead atoms. The zero-order valence-corrected chi connectivity index (χ0v) is 7.21. The zero-order chi connectivity index (χ0) is 8.85. The average molecular weight is 179 g/mol. The van der Waals surface area contributed by atoms with Crippen molar-refractivity contribution in [3.8, 4) is 0 Å². The maximum absolute atomic E-state index is 10.3. The van der Waals surface area contributed by atoms with Crippen molar-refractivity contribution in [1.82, 2.24) is 5.06 Å². The number of hydroxylamine groups is 2. The van der Waals surface area contributed by atoms with E-state index in [1.165, 1.54) is 6.92 Å². The number of carbonyl (C=O) groups excluding carboxylic acids is 1. The van der Waals surface area contributed by atoms with Gasteiger partial charge in [-0.2, -0.15) is 0 Å². The van der Waals surface area contributed by atoms with Crippen molar-refractivity contribution >= 4 is 21.8 Å². The van der Waals surface area contributed by atoms with E-state index in [9.17, 15) is 9.59 Å². The molecule has 0 aromatic heterocycles. The largest absolute Gasteiger partial charge is 0.481 e. The number of aliphatic carboxylic acids is 1. The van der Waals surface area contributed by atoms with Crippen LogP contribution in [0.4, 0.5) is 0 Å². The molecule has 0 radical (unpaired) electrons. The Hall–Kier alpha value is -0.670. The highest BCUT2D eigenvalue weighted by molar-refractivity contribution is 7.09. The van der Waals surface area contributed by atoms with Crippen molar-refractivity contribution in [2.24, 2.45) is 5.92 Å². The Morgan fingerprint density at radius 1 is 1.91 bits per heavy atom. The van der Waals surface area contributed by atoms with E-state index in [2.05, 4.69) is 4.62 Å². The van der Waals surface area contributed by atoms with E-state index in [-0.39, 0.29) is 6.54 Å². The molecule has 2 atom stereocenters. The van der Waals surface area contributed by atoms with Gasteiger partial charge in [-0.05, 0) is 0 Å². The Balaban J connectivity index is 3.80. The van der Waals surface area contributed by atoms with Gasteiger partial charge in [0.1, 0.15) is 0 Å². The third kappa shape index (κ3) is 3.91. The quantitative estimate of drug-likeness (QED) is 0.363. The predicted octanol–water partition coefficient (Wildman–Crippen LogP) is -0.113. The summed E-state index contributed by atoms with van der Waals surface area (Å²) in [5.74, 6) is -1.58. The van der Waals surface area contributed by atoms with E-state index in [1.807, 2.05) is 9.47 Å². The number of rotatable bonds is 5. The van der Waals surface area contributed by atoms with Gasteiger partial charge in [-0.1, -0.05) is 6.92 Å². The van der Waals surface area contributed by atoms with Crippen LogP contribution in [-0.2, 0) is 14.2 Å². The first kappa shape index (κ1) is 10.3. The Bertz CT molecular complexity index is 151. The normalized spacial score (nSPS) is 12.2. The minimum atomic E-state index is -0.959. The molecule has 0 fully saturated rings. The third-order valence-electron chi connectivity index (χ3n) is 1.13. The fourth-order valence-corrected chi connectivity index (χ4v) is 0.595. The number of amides is 1. The summed E-state index contributed by atoms with van der Waals surface area (Å²) in [7, 11) is 1.86. The smallest absolute Gasteiger partial charge is 0.308 e. The molecule has 1 unspecified atom stereocenters.